The van der Waals surface area contributed by atoms with Gasteiger partial charge in [-0.2, -0.15) is 0 Å². The molecular formula is C10H11N3O3. The molecule has 0 saturated heterocycles. The number of ether oxygens (including phenoxy) is 1. The Morgan fingerprint density at radius 1 is 1.62 bits per heavy atom. The fraction of sp³-hybridized carbons (Fsp3) is 0.300. The van der Waals surface area contributed by atoms with Crippen molar-refractivity contribution >= 4 is 17.2 Å². The summed E-state index contributed by atoms with van der Waals surface area (Å²) in [6, 6.07) is 2.99. The van der Waals surface area contributed by atoms with Crippen molar-refractivity contribution in [3.8, 4) is 5.75 Å². The van der Waals surface area contributed by atoms with Crippen molar-refractivity contribution in [2.75, 3.05) is 6.61 Å². The quantitative estimate of drug-likeness (QED) is 0.605. The van der Waals surface area contributed by atoms with Crippen LogP contribution in [0.15, 0.2) is 17.1 Å². The average molecular weight is 221 g/mol. The monoisotopic (exact) mass is 221 g/mol. The van der Waals surface area contributed by atoms with E-state index in [4.69, 9.17) is 10.5 Å². The first kappa shape index (κ1) is 10.4. The SMILES string of the molecule is CCc1c([N+](=O)[O-])ccc2c1OCC(N)=N2. The summed E-state index contributed by atoms with van der Waals surface area (Å²) in [6.45, 7) is 2.02. The van der Waals surface area contributed by atoms with Crippen molar-refractivity contribution < 1.29 is 9.66 Å². The minimum absolute atomic E-state index is 0.0666. The molecule has 1 aromatic rings. The van der Waals surface area contributed by atoms with Crippen LogP contribution in [0.25, 0.3) is 0 Å². The summed E-state index contributed by atoms with van der Waals surface area (Å²) in [5, 5.41) is 10.8. The highest BCUT2D eigenvalue weighted by Crippen LogP contribution is 2.39. The van der Waals surface area contributed by atoms with Gasteiger partial charge in [0.1, 0.15) is 18.1 Å². The largest absolute Gasteiger partial charge is 0.483 e. The van der Waals surface area contributed by atoms with Crippen LogP contribution in [-0.4, -0.2) is 17.4 Å². The van der Waals surface area contributed by atoms with Gasteiger partial charge in [0.2, 0.25) is 0 Å². The third-order valence-electron chi connectivity index (χ3n) is 2.39. The molecule has 0 bridgehead atoms. The van der Waals surface area contributed by atoms with E-state index in [2.05, 4.69) is 4.99 Å². The van der Waals surface area contributed by atoms with Gasteiger partial charge in [0, 0.05) is 6.07 Å². The lowest BCUT2D eigenvalue weighted by Gasteiger charge is -2.17. The molecule has 0 atom stereocenters. The summed E-state index contributed by atoms with van der Waals surface area (Å²) < 4.78 is 5.39. The molecule has 2 N–H and O–H groups in total. The van der Waals surface area contributed by atoms with Crippen LogP contribution < -0.4 is 10.5 Å². The highest BCUT2D eigenvalue weighted by atomic mass is 16.6. The standard InChI is InChI=1S/C10H11N3O3/c1-2-6-8(13(14)15)4-3-7-10(6)16-5-9(11)12-7/h3-4H,2,5H2,1H3,(H2,11,12). The maximum Gasteiger partial charge on any atom is 0.276 e. The first-order chi connectivity index (χ1) is 7.63. The second-order valence-corrected chi connectivity index (χ2v) is 3.41. The van der Waals surface area contributed by atoms with Crippen LogP contribution in [0.5, 0.6) is 5.75 Å². The predicted molar refractivity (Wildman–Crippen MR) is 59.3 cm³/mol. The van der Waals surface area contributed by atoms with Gasteiger partial charge in [-0.25, -0.2) is 4.99 Å². The molecule has 0 spiro atoms. The Balaban J connectivity index is 2.62. The number of hydrogen-bond acceptors (Lipinski definition) is 5. The van der Waals surface area contributed by atoms with E-state index in [0.29, 0.717) is 29.3 Å². The molecule has 84 valence electrons. The smallest absolute Gasteiger partial charge is 0.276 e. The number of benzene rings is 1. The van der Waals surface area contributed by atoms with E-state index in [-0.39, 0.29) is 12.3 Å². The molecule has 16 heavy (non-hydrogen) atoms. The Morgan fingerprint density at radius 2 is 2.38 bits per heavy atom. The molecule has 2 rings (SSSR count). The van der Waals surface area contributed by atoms with Crippen LogP contribution in [0.2, 0.25) is 0 Å². The maximum atomic E-state index is 10.8. The summed E-state index contributed by atoms with van der Waals surface area (Å²) >= 11 is 0. The molecule has 0 unspecified atom stereocenters. The minimum atomic E-state index is -0.413. The zero-order valence-corrected chi connectivity index (χ0v) is 8.77. The van der Waals surface area contributed by atoms with Gasteiger partial charge in [-0.3, -0.25) is 10.1 Å². The summed E-state index contributed by atoms with van der Waals surface area (Å²) in [4.78, 5) is 14.5. The molecule has 0 fully saturated rings. The van der Waals surface area contributed by atoms with E-state index in [1.807, 2.05) is 6.92 Å². The first-order valence-corrected chi connectivity index (χ1v) is 4.89. The number of aliphatic imine (C=N–C) groups is 1. The average Bonchev–Trinajstić information content (AvgIpc) is 2.26. The third-order valence-corrected chi connectivity index (χ3v) is 2.39. The lowest BCUT2D eigenvalue weighted by Crippen LogP contribution is -2.24. The molecule has 0 aliphatic carbocycles. The fourth-order valence-corrected chi connectivity index (χ4v) is 1.70. The van der Waals surface area contributed by atoms with Gasteiger partial charge < -0.3 is 10.5 Å². The van der Waals surface area contributed by atoms with E-state index in [1.165, 1.54) is 6.07 Å². The van der Waals surface area contributed by atoms with Crippen molar-refractivity contribution in [3.05, 3.63) is 27.8 Å². The second kappa shape index (κ2) is 3.80. The number of nitro groups is 1. The Labute approximate surface area is 91.9 Å². The highest BCUT2D eigenvalue weighted by molar-refractivity contribution is 5.88. The van der Waals surface area contributed by atoms with Crippen molar-refractivity contribution in [1.29, 1.82) is 0 Å². The van der Waals surface area contributed by atoms with Gasteiger partial charge in [-0.15, -0.1) is 0 Å². The minimum Gasteiger partial charge on any atom is -0.483 e. The van der Waals surface area contributed by atoms with Crippen LogP contribution in [-0.2, 0) is 6.42 Å². The van der Waals surface area contributed by atoms with Crippen molar-refractivity contribution in [3.63, 3.8) is 0 Å². The van der Waals surface area contributed by atoms with Crippen molar-refractivity contribution in [1.82, 2.24) is 0 Å². The van der Waals surface area contributed by atoms with Gasteiger partial charge in [-0.05, 0) is 12.5 Å². The summed E-state index contributed by atoms with van der Waals surface area (Å²) in [5.74, 6) is 0.856. The van der Waals surface area contributed by atoms with E-state index >= 15 is 0 Å². The Bertz CT molecular complexity index is 482. The number of hydrogen-bond donors (Lipinski definition) is 1. The lowest BCUT2D eigenvalue weighted by molar-refractivity contribution is -0.385. The predicted octanol–water partition coefficient (Wildman–Crippen LogP) is 1.54. The van der Waals surface area contributed by atoms with Crippen LogP contribution in [0, 0.1) is 10.1 Å². The number of nitrogens with two attached hydrogens (primary N) is 1. The van der Waals surface area contributed by atoms with E-state index in [0.717, 1.165) is 0 Å². The molecule has 1 aliphatic rings. The normalized spacial score (nSPS) is 13.7. The zero-order valence-electron chi connectivity index (χ0n) is 8.77. The number of nitro benzene ring substituents is 1. The van der Waals surface area contributed by atoms with Gasteiger partial charge >= 0.3 is 0 Å². The Morgan fingerprint density at radius 3 is 3.00 bits per heavy atom. The van der Waals surface area contributed by atoms with Crippen LogP contribution >= 0.6 is 0 Å². The number of rotatable bonds is 2. The number of fused-ring (bicyclic) bond motifs is 1. The first-order valence-electron chi connectivity index (χ1n) is 4.89. The molecule has 0 saturated carbocycles. The molecule has 6 heteroatoms. The second-order valence-electron chi connectivity index (χ2n) is 3.41. The zero-order chi connectivity index (χ0) is 11.7. The molecule has 0 amide bonds. The van der Waals surface area contributed by atoms with Crippen molar-refractivity contribution in [2.45, 2.75) is 13.3 Å². The topological polar surface area (TPSA) is 90.8 Å². The number of amidine groups is 1. The van der Waals surface area contributed by atoms with E-state index in [9.17, 15) is 10.1 Å². The Kier molecular flexibility index (Phi) is 2.47. The van der Waals surface area contributed by atoms with Gasteiger partial charge in [-0.1, -0.05) is 6.92 Å². The summed E-state index contributed by atoms with van der Waals surface area (Å²) in [6.07, 6.45) is 0.523. The fourth-order valence-electron chi connectivity index (χ4n) is 1.70. The van der Waals surface area contributed by atoms with Crippen LogP contribution in [0.1, 0.15) is 12.5 Å². The summed E-state index contributed by atoms with van der Waals surface area (Å²) in [7, 11) is 0. The molecule has 1 aliphatic heterocycles. The maximum absolute atomic E-state index is 10.8. The van der Waals surface area contributed by atoms with Crippen LogP contribution in [0.3, 0.4) is 0 Å². The molecular weight excluding hydrogens is 210 g/mol. The van der Waals surface area contributed by atoms with E-state index in [1.54, 1.807) is 6.07 Å². The summed E-state index contributed by atoms with van der Waals surface area (Å²) in [5.41, 5.74) is 6.73. The third kappa shape index (κ3) is 1.58. The van der Waals surface area contributed by atoms with Crippen molar-refractivity contribution in [2.24, 2.45) is 10.7 Å². The van der Waals surface area contributed by atoms with Crippen LogP contribution in [0.4, 0.5) is 11.4 Å². The highest BCUT2D eigenvalue weighted by Gasteiger charge is 2.23. The molecule has 1 heterocycles. The lowest BCUT2D eigenvalue weighted by atomic mass is 10.1. The van der Waals surface area contributed by atoms with Gasteiger partial charge in [0.15, 0.2) is 5.75 Å². The van der Waals surface area contributed by atoms with Gasteiger partial charge in [0.25, 0.3) is 5.69 Å². The molecule has 0 aromatic heterocycles. The molecule has 1 aromatic carbocycles. The Hall–Kier alpha value is -2.11. The molecule has 6 nitrogen and oxygen atoms in total. The number of nitrogens with zero attached hydrogens (tertiary/aromatic N) is 2. The molecule has 0 radical (unpaired) electrons. The van der Waals surface area contributed by atoms with E-state index < -0.39 is 4.92 Å². The van der Waals surface area contributed by atoms with Gasteiger partial charge in [0.05, 0.1) is 10.5 Å².